The molecule has 0 unspecified atom stereocenters. The van der Waals surface area contributed by atoms with E-state index in [1.54, 1.807) is 6.08 Å². The summed E-state index contributed by atoms with van der Waals surface area (Å²) in [6.45, 7) is 9.39. The van der Waals surface area contributed by atoms with E-state index in [-0.39, 0.29) is 0 Å². The normalized spacial score (nSPS) is 9.18. The summed E-state index contributed by atoms with van der Waals surface area (Å²) >= 11 is 0. The van der Waals surface area contributed by atoms with Crippen molar-refractivity contribution in [2.75, 3.05) is 0 Å². The second-order valence-corrected chi connectivity index (χ2v) is 2.39. The summed E-state index contributed by atoms with van der Waals surface area (Å²) in [5.74, 6) is 0. The van der Waals surface area contributed by atoms with Crippen LogP contribution in [0.1, 0.15) is 11.4 Å². The summed E-state index contributed by atoms with van der Waals surface area (Å²) in [4.78, 5) is 4.27. The lowest BCUT2D eigenvalue weighted by molar-refractivity contribution is 1.17. The highest BCUT2D eigenvalue weighted by atomic mass is 14.7. The highest BCUT2D eigenvalue weighted by Gasteiger charge is 1.94. The Balaban J connectivity index is 3.05. The van der Waals surface area contributed by atoms with Crippen LogP contribution in [0.5, 0.6) is 0 Å². The van der Waals surface area contributed by atoms with Crippen molar-refractivity contribution in [1.29, 1.82) is 0 Å². The minimum atomic E-state index is 0.869. The fraction of sp³-hybridized carbons (Fsp3) is 0.100. The van der Waals surface area contributed by atoms with E-state index in [0.29, 0.717) is 0 Å². The topological polar surface area (TPSA) is 12.9 Å². The molecule has 0 aliphatic rings. The van der Waals surface area contributed by atoms with Crippen molar-refractivity contribution in [1.82, 2.24) is 4.98 Å². The van der Waals surface area contributed by atoms with Crippen LogP contribution in [0.4, 0.5) is 0 Å². The zero-order chi connectivity index (χ0) is 8.27. The quantitative estimate of drug-likeness (QED) is 0.583. The molecule has 0 saturated heterocycles. The number of rotatable bonds is 2. The van der Waals surface area contributed by atoms with Crippen LogP contribution in [0.2, 0.25) is 0 Å². The molecule has 0 bridgehead atoms. The number of pyridine rings is 1. The molecule has 0 amide bonds. The highest BCUT2D eigenvalue weighted by molar-refractivity contribution is 5.68. The van der Waals surface area contributed by atoms with Crippen molar-refractivity contribution in [3.63, 3.8) is 0 Å². The third kappa shape index (κ3) is 1.77. The average Bonchev–Trinajstić information content (AvgIpc) is 2.03. The van der Waals surface area contributed by atoms with E-state index >= 15 is 0 Å². The van der Waals surface area contributed by atoms with Crippen LogP contribution in [-0.4, -0.2) is 4.98 Å². The van der Waals surface area contributed by atoms with Crippen LogP contribution in [0.25, 0.3) is 5.57 Å². The lowest BCUT2D eigenvalue weighted by Crippen LogP contribution is -1.87. The van der Waals surface area contributed by atoms with Gasteiger partial charge in [-0.2, -0.15) is 0 Å². The Morgan fingerprint density at radius 1 is 1.55 bits per heavy atom. The summed E-state index contributed by atoms with van der Waals surface area (Å²) in [5, 5.41) is 0. The van der Waals surface area contributed by atoms with Gasteiger partial charge in [0.2, 0.25) is 0 Å². The Morgan fingerprint density at radius 2 is 2.27 bits per heavy atom. The summed E-state index contributed by atoms with van der Waals surface area (Å²) in [7, 11) is 0. The average molecular weight is 145 g/mol. The Labute approximate surface area is 67.1 Å². The van der Waals surface area contributed by atoms with Crippen molar-refractivity contribution >= 4 is 5.57 Å². The zero-order valence-corrected chi connectivity index (χ0v) is 6.67. The van der Waals surface area contributed by atoms with Gasteiger partial charge in [-0.25, -0.2) is 0 Å². The molecule has 0 spiro atoms. The van der Waals surface area contributed by atoms with E-state index in [0.717, 1.165) is 17.0 Å². The van der Waals surface area contributed by atoms with E-state index in [4.69, 9.17) is 0 Å². The molecule has 0 fully saturated rings. The van der Waals surface area contributed by atoms with Crippen LogP contribution in [0, 0.1) is 6.92 Å². The molecule has 1 aromatic heterocycles. The van der Waals surface area contributed by atoms with Gasteiger partial charge in [-0.3, -0.25) is 4.98 Å². The lowest BCUT2D eigenvalue weighted by Gasteiger charge is -1.98. The Bertz CT molecular complexity index is 287. The maximum atomic E-state index is 4.27. The SMILES string of the molecule is C=CC(=C)c1cccc(C)n1. The van der Waals surface area contributed by atoms with E-state index in [2.05, 4.69) is 18.1 Å². The van der Waals surface area contributed by atoms with Crippen molar-refractivity contribution in [3.8, 4) is 0 Å². The van der Waals surface area contributed by atoms with Crippen molar-refractivity contribution in [3.05, 3.63) is 48.8 Å². The molecule has 0 aliphatic heterocycles. The first-order valence-electron chi connectivity index (χ1n) is 3.49. The van der Waals surface area contributed by atoms with Gasteiger partial charge in [0.1, 0.15) is 0 Å². The zero-order valence-electron chi connectivity index (χ0n) is 6.67. The number of nitrogens with zero attached hydrogens (tertiary/aromatic N) is 1. The fourth-order valence-electron chi connectivity index (χ4n) is 0.826. The van der Waals surface area contributed by atoms with Crippen molar-refractivity contribution in [2.45, 2.75) is 6.92 Å². The second-order valence-electron chi connectivity index (χ2n) is 2.39. The number of aromatic nitrogens is 1. The van der Waals surface area contributed by atoms with Gasteiger partial charge >= 0.3 is 0 Å². The molecular formula is C10H11N. The summed E-state index contributed by atoms with van der Waals surface area (Å²) in [6.07, 6.45) is 1.71. The fourth-order valence-corrected chi connectivity index (χ4v) is 0.826. The van der Waals surface area contributed by atoms with E-state index in [9.17, 15) is 0 Å². The minimum absolute atomic E-state index is 0.869. The maximum Gasteiger partial charge on any atom is 0.0698 e. The molecule has 1 rings (SSSR count). The Hall–Kier alpha value is -1.37. The van der Waals surface area contributed by atoms with Crippen LogP contribution in [0.3, 0.4) is 0 Å². The maximum absolute atomic E-state index is 4.27. The third-order valence-corrected chi connectivity index (χ3v) is 1.46. The molecule has 0 atom stereocenters. The monoisotopic (exact) mass is 145 g/mol. The van der Waals surface area contributed by atoms with Crippen molar-refractivity contribution < 1.29 is 0 Å². The van der Waals surface area contributed by atoms with E-state index < -0.39 is 0 Å². The van der Waals surface area contributed by atoms with Gasteiger partial charge < -0.3 is 0 Å². The number of aryl methyl sites for hydroxylation is 1. The van der Waals surface area contributed by atoms with Gasteiger partial charge in [0.05, 0.1) is 5.69 Å². The molecule has 0 aromatic carbocycles. The molecule has 1 heteroatoms. The van der Waals surface area contributed by atoms with E-state index in [1.807, 2.05) is 25.1 Å². The first-order valence-corrected chi connectivity index (χ1v) is 3.49. The van der Waals surface area contributed by atoms with Gasteiger partial charge in [0.15, 0.2) is 0 Å². The largest absolute Gasteiger partial charge is 0.253 e. The molecule has 56 valence electrons. The number of hydrogen-bond acceptors (Lipinski definition) is 1. The van der Waals surface area contributed by atoms with Gasteiger partial charge in [-0.15, -0.1) is 0 Å². The minimum Gasteiger partial charge on any atom is -0.253 e. The molecule has 1 aromatic rings. The summed E-state index contributed by atoms with van der Waals surface area (Å²) < 4.78 is 0. The molecule has 0 saturated carbocycles. The second kappa shape index (κ2) is 3.15. The Morgan fingerprint density at radius 3 is 2.82 bits per heavy atom. The lowest BCUT2D eigenvalue weighted by atomic mass is 10.2. The first kappa shape index (κ1) is 7.73. The predicted octanol–water partition coefficient (Wildman–Crippen LogP) is 2.59. The van der Waals surface area contributed by atoms with Crippen LogP contribution in [-0.2, 0) is 0 Å². The molecule has 1 heterocycles. The molecular weight excluding hydrogens is 134 g/mol. The van der Waals surface area contributed by atoms with Crippen LogP contribution >= 0.6 is 0 Å². The molecule has 11 heavy (non-hydrogen) atoms. The van der Waals surface area contributed by atoms with E-state index in [1.165, 1.54) is 0 Å². The number of hydrogen-bond donors (Lipinski definition) is 0. The van der Waals surface area contributed by atoms with Gasteiger partial charge in [0, 0.05) is 5.69 Å². The summed E-state index contributed by atoms with van der Waals surface area (Å²) in [5.41, 5.74) is 2.78. The predicted molar refractivity (Wildman–Crippen MR) is 48.2 cm³/mol. The van der Waals surface area contributed by atoms with Gasteiger partial charge in [-0.1, -0.05) is 25.3 Å². The molecule has 0 N–H and O–H groups in total. The number of allylic oxidation sites excluding steroid dienone is 2. The van der Waals surface area contributed by atoms with Crippen LogP contribution < -0.4 is 0 Å². The Kier molecular flexibility index (Phi) is 2.21. The smallest absolute Gasteiger partial charge is 0.0698 e. The van der Waals surface area contributed by atoms with Gasteiger partial charge in [0.25, 0.3) is 0 Å². The molecule has 0 radical (unpaired) electrons. The summed E-state index contributed by atoms with van der Waals surface area (Å²) in [6, 6.07) is 5.85. The van der Waals surface area contributed by atoms with Crippen LogP contribution in [0.15, 0.2) is 37.4 Å². The molecule has 1 nitrogen and oxygen atoms in total. The standard InChI is InChI=1S/C10H11N/c1-4-8(2)10-7-5-6-9(3)11-10/h4-7H,1-2H2,3H3. The highest BCUT2D eigenvalue weighted by Crippen LogP contribution is 2.09. The first-order chi connectivity index (χ1) is 5.24. The molecule has 0 aliphatic carbocycles. The van der Waals surface area contributed by atoms with Gasteiger partial charge in [-0.05, 0) is 24.6 Å². The third-order valence-electron chi connectivity index (χ3n) is 1.46. The van der Waals surface area contributed by atoms with Crippen molar-refractivity contribution in [2.24, 2.45) is 0 Å².